The first kappa shape index (κ1) is 26.0. The van der Waals surface area contributed by atoms with Gasteiger partial charge in [-0.3, -0.25) is 14.4 Å². The monoisotopic (exact) mass is 567 g/mol. The molecule has 7 nitrogen and oxygen atoms in total. The first-order valence-electron chi connectivity index (χ1n) is 11.7. The molecule has 4 aromatic rings. The van der Waals surface area contributed by atoms with E-state index in [1.165, 1.54) is 5.01 Å². The summed E-state index contributed by atoms with van der Waals surface area (Å²) < 4.78 is 0. The number of pyridine rings is 1. The first-order chi connectivity index (χ1) is 18.2. The number of carboxylic acid groups (broad SMARTS) is 1. The zero-order chi connectivity index (χ0) is 27.0. The molecule has 0 bridgehead atoms. The van der Waals surface area contributed by atoms with Crippen molar-refractivity contribution >= 4 is 63.3 Å². The van der Waals surface area contributed by atoms with E-state index in [0.29, 0.717) is 43.0 Å². The summed E-state index contributed by atoms with van der Waals surface area (Å²) in [6.45, 7) is 0. The molecular weight excluding hydrogens is 549 g/mol. The molecule has 10 heteroatoms. The van der Waals surface area contributed by atoms with Crippen LogP contribution < -0.4 is 5.56 Å². The molecule has 192 valence electrons. The molecule has 2 heterocycles. The number of hydrogen-bond donors (Lipinski definition) is 2. The van der Waals surface area contributed by atoms with Crippen molar-refractivity contribution in [2.45, 2.75) is 25.3 Å². The number of carbonyl (C=O) groups is 2. The number of amides is 1. The van der Waals surface area contributed by atoms with E-state index >= 15 is 0 Å². The highest BCUT2D eigenvalue weighted by Gasteiger charge is 2.36. The molecule has 1 atom stereocenters. The number of nitrogens with one attached hydrogen (secondary N) is 1. The first-order valence-corrected chi connectivity index (χ1v) is 12.8. The normalized spacial score (nSPS) is 15.1. The van der Waals surface area contributed by atoms with E-state index in [-0.39, 0.29) is 24.8 Å². The average Bonchev–Trinajstić information content (AvgIpc) is 3.32. The summed E-state index contributed by atoms with van der Waals surface area (Å²) in [5.41, 5.74) is 2.89. The SMILES string of the molecule is O=C(O)CCC(=O)N1N=C(c2c(-c3ccccc3)c3cc(Cl)ccc3[nH]c2=O)C[C@H]1c1ccc(Cl)cc1Cl. The van der Waals surface area contributed by atoms with Crippen molar-refractivity contribution in [2.75, 3.05) is 0 Å². The van der Waals surface area contributed by atoms with Crippen molar-refractivity contribution in [3.05, 3.63) is 103 Å². The maximum atomic E-state index is 13.6. The summed E-state index contributed by atoms with van der Waals surface area (Å²) in [5, 5.41) is 16.9. The van der Waals surface area contributed by atoms with Crippen LogP contribution in [0.3, 0.4) is 0 Å². The maximum Gasteiger partial charge on any atom is 0.303 e. The number of benzene rings is 3. The summed E-state index contributed by atoms with van der Waals surface area (Å²) in [7, 11) is 0. The van der Waals surface area contributed by atoms with Crippen LogP contribution in [0.5, 0.6) is 0 Å². The molecule has 0 unspecified atom stereocenters. The molecule has 0 aliphatic carbocycles. The van der Waals surface area contributed by atoms with E-state index in [1.54, 1.807) is 36.4 Å². The minimum Gasteiger partial charge on any atom is -0.481 e. The molecule has 0 fully saturated rings. The Morgan fingerprint density at radius 3 is 2.37 bits per heavy atom. The van der Waals surface area contributed by atoms with E-state index in [1.807, 2.05) is 30.3 Å². The van der Waals surface area contributed by atoms with Gasteiger partial charge >= 0.3 is 5.97 Å². The van der Waals surface area contributed by atoms with Crippen LogP contribution in [0.4, 0.5) is 0 Å². The topological polar surface area (TPSA) is 103 Å². The molecule has 2 N–H and O–H groups in total. The summed E-state index contributed by atoms with van der Waals surface area (Å²) in [4.78, 5) is 40.8. The lowest BCUT2D eigenvalue weighted by Gasteiger charge is -2.23. The molecule has 1 amide bonds. The Balaban J connectivity index is 1.71. The number of fused-ring (bicyclic) bond motifs is 1. The summed E-state index contributed by atoms with van der Waals surface area (Å²) in [5.74, 6) is -1.60. The zero-order valence-electron chi connectivity index (χ0n) is 19.7. The predicted octanol–water partition coefficient (Wildman–Crippen LogP) is 6.70. The van der Waals surface area contributed by atoms with Gasteiger partial charge in [0.1, 0.15) is 0 Å². The van der Waals surface area contributed by atoms with Crippen LogP contribution in [0.1, 0.15) is 36.4 Å². The fourth-order valence-corrected chi connectivity index (χ4v) is 5.39. The number of hydrogen-bond acceptors (Lipinski definition) is 4. The van der Waals surface area contributed by atoms with Crippen molar-refractivity contribution in [2.24, 2.45) is 5.10 Å². The largest absolute Gasteiger partial charge is 0.481 e. The third-order valence-corrected chi connectivity index (χ3v) is 7.16. The molecule has 3 aromatic carbocycles. The number of carboxylic acids is 1. The highest BCUT2D eigenvalue weighted by molar-refractivity contribution is 6.35. The van der Waals surface area contributed by atoms with Crippen molar-refractivity contribution in [1.82, 2.24) is 9.99 Å². The van der Waals surface area contributed by atoms with Crippen LogP contribution in [-0.2, 0) is 9.59 Å². The lowest BCUT2D eigenvalue weighted by molar-refractivity contribution is -0.141. The van der Waals surface area contributed by atoms with E-state index in [4.69, 9.17) is 39.9 Å². The number of aromatic amines is 1. The zero-order valence-corrected chi connectivity index (χ0v) is 22.0. The van der Waals surface area contributed by atoms with Gasteiger partial charge in [-0.05, 0) is 41.5 Å². The quantitative estimate of drug-likeness (QED) is 0.270. The number of aliphatic carboxylic acids is 1. The second-order valence-corrected chi connectivity index (χ2v) is 10.1. The highest BCUT2D eigenvalue weighted by Crippen LogP contribution is 2.40. The molecule has 1 aliphatic rings. The lowest BCUT2D eigenvalue weighted by Crippen LogP contribution is -2.27. The van der Waals surface area contributed by atoms with Crippen LogP contribution in [0.15, 0.2) is 76.6 Å². The molecule has 1 aromatic heterocycles. The fourth-order valence-electron chi connectivity index (χ4n) is 4.68. The minimum atomic E-state index is -1.10. The van der Waals surface area contributed by atoms with E-state index < -0.39 is 17.9 Å². The average molecular weight is 569 g/mol. The Morgan fingerprint density at radius 1 is 0.947 bits per heavy atom. The lowest BCUT2D eigenvalue weighted by atomic mass is 9.91. The molecule has 0 spiro atoms. The number of hydrazone groups is 1. The summed E-state index contributed by atoms with van der Waals surface area (Å²) >= 11 is 18.9. The Hall–Kier alpha value is -3.65. The van der Waals surface area contributed by atoms with Gasteiger partial charge in [-0.1, -0.05) is 71.2 Å². The van der Waals surface area contributed by atoms with Crippen molar-refractivity contribution in [1.29, 1.82) is 0 Å². The molecule has 0 radical (unpaired) electrons. The Morgan fingerprint density at radius 2 is 1.66 bits per heavy atom. The summed E-state index contributed by atoms with van der Waals surface area (Å²) in [6, 6.07) is 18.9. The second-order valence-electron chi connectivity index (χ2n) is 8.82. The van der Waals surface area contributed by atoms with Gasteiger partial charge in [-0.15, -0.1) is 0 Å². The van der Waals surface area contributed by atoms with Crippen LogP contribution >= 0.6 is 34.8 Å². The number of nitrogens with zero attached hydrogens (tertiary/aromatic N) is 2. The van der Waals surface area contributed by atoms with Gasteiger partial charge < -0.3 is 10.1 Å². The number of aromatic nitrogens is 1. The Labute approximate surface area is 232 Å². The van der Waals surface area contributed by atoms with Crippen molar-refractivity contribution in [3.8, 4) is 11.1 Å². The van der Waals surface area contributed by atoms with Crippen molar-refractivity contribution < 1.29 is 14.7 Å². The van der Waals surface area contributed by atoms with Gasteiger partial charge in [0, 0.05) is 44.4 Å². The van der Waals surface area contributed by atoms with E-state index in [9.17, 15) is 14.4 Å². The maximum absolute atomic E-state index is 13.6. The molecule has 0 saturated heterocycles. The minimum absolute atomic E-state index is 0.176. The van der Waals surface area contributed by atoms with E-state index in [2.05, 4.69) is 10.1 Å². The third-order valence-electron chi connectivity index (χ3n) is 6.37. The molecule has 38 heavy (non-hydrogen) atoms. The molecule has 1 aliphatic heterocycles. The highest BCUT2D eigenvalue weighted by atomic mass is 35.5. The predicted molar refractivity (Wildman–Crippen MR) is 149 cm³/mol. The second kappa shape index (κ2) is 10.6. The molecule has 5 rings (SSSR count). The fraction of sp³-hybridized carbons (Fsp3) is 0.143. The van der Waals surface area contributed by atoms with Crippen LogP contribution in [0.25, 0.3) is 22.0 Å². The number of carbonyl (C=O) groups excluding carboxylic acids is 1. The number of H-pyrrole nitrogens is 1. The third kappa shape index (κ3) is 5.05. The van der Waals surface area contributed by atoms with Gasteiger partial charge in [0.2, 0.25) is 5.91 Å². The number of halogens is 3. The smallest absolute Gasteiger partial charge is 0.303 e. The molecule has 0 saturated carbocycles. The Kier molecular flexibility index (Phi) is 7.25. The van der Waals surface area contributed by atoms with Crippen LogP contribution in [0, 0.1) is 0 Å². The van der Waals surface area contributed by atoms with Crippen LogP contribution in [0.2, 0.25) is 15.1 Å². The Bertz CT molecular complexity index is 1670. The standard InChI is InChI=1S/C28H20Cl3N3O4/c29-16-7-9-21-19(12-16)26(15-4-2-1-3-5-15)27(28(38)32-21)22-14-23(18-8-6-17(30)13-20(18)31)34(33-22)24(35)10-11-25(36)37/h1-9,12-13,23H,10-11,14H2,(H,32,38)(H,36,37)/t23-/m0/s1. The van der Waals surface area contributed by atoms with Gasteiger partial charge in [0.25, 0.3) is 5.56 Å². The van der Waals surface area contributed by atoms with Crippen LogP contribution in [-0.4, -0.2) is 32.7 Å². The molecular formula is C28H20Cl3N3O4. The number of rotatable bonds is 6. The van der Waals surface area contributed by atoms with Crippen molar-refractivity contribution in [3.63, 3.8) is 0 Å². The summed E-state index contributed by atoms with van der Waals surface area (Å²) in [6.07, 6.45) is -0.441. The van der Waals surface area contributed by atoms with E-state index in [0.717, 1.165) is 10.9 Å². The van der Waals surface area contributed by atoms with Gasteiger partial charge in [-0.2, -0.15) is 5.10 Å². The van der Waals surface area contributed by atoms with Gasteiger partial charge in [-0.25, -0.2) is 5.01 Å². The van der Waals surface area contributed by atoms with Gasteiger partial charge in [0.15, 0.2) is 0 Å². The van der Waals surface area contributed by atoms with Gasteiger partial charge in [0.05, 0.1) is 23.7 Å².